The minimum absolute atomic E-state index is 0.0378. The SMILES string of the molecule is COc1cccc(/C=C/C2=NC3C4C=CC=CC43C(=O)N2c2ccc(C)c(C)c2)c1O. The number of amides is 1. The van der Waals surface area contributed by atoms with Crippen LogP contribution in [0.4, 0.5) is 5.69 Å². The van der Waals surface area contributed by atoms with E-state index in [-0.39, 0.29) is 23.6 Å². The number of methoxy groups -OCH3 is 1. The number of phenols is 1. The van der Waals surface area contributed by atoms with Crippen molar-refractivity contribution in [2.24, 2.45) is 16.3 Å². The molecule has 1 amide bonds. The fourth-order valence-corrected chi connectivity index (χ4v) is 4.55. The maximum Gasteiger partial charge on any atom is 0.245 e. The Balaban J connectivity index is 1.59. The fraction of sp³-hybridized carbons (Fsp3) is 0.231. The molecule has 2 aliphatic carbocycles. The average Bonchev–Trinajstić information content (AvgIpc) is 3.45. The molecule has 3 aliphatic rings. The molecule has 1 spiro atoms. The number of nitrogens with zero attached hydrogens (tertiary/aromatic N) is 2. The van der Waals surface area contributed by atoms with Gasteiger partial charge in [0.1, 0.15) is 5.84 Å². The number of benzene rings is 2. The van der Waals surface area contributed by atoms with Crippen molar-refractivity contribution in [3.63, 3.8) is 0 Å². The minimum atomic E-state index is -0.580. The molecule has 5 rings (SSSR count). The highest BCUT2D eigenvalue weighted by Gasteiger charge is 2.71. The zero-order valence-corrected chi connectivity index (χ0v) is 17.7. The average molecular weight is 412 g/mol. The number of anilines is 1. The molecule has 31 heavy (non-hydrogen) atoms. The Labute approximate surface area is 181 Å². The molecule has 2 aromatic rings. The molecule has 1 aliphatic heterocycles. The number of allylic oxidation sites excluding steroid dienone is 2. The van der Waals surface area contributed by atoms with Gasteiger partial charge in [0.2, 0.25) is 5.91 Å². The molecule has 0 bridgehead atoms. The number of ether oxygens (including phenoxy) is 1. The number of aliphatic imine (C=N–C) groups is 1. The number of carbonyl (C=O) groups is 1. The van der Waals surface area contributed by atoms with Gasteiger partial charge in [0.15, 0.2) is 11.5 Å². The van der Waals surface area contributed by atoms with Crippen molar-refractivity contribution in [2.45, 2.75) is 19.9 Å². The summed E-state index contributed by atoms with van der Waals surface area (Å²) >= 11 is 0. The van der Waals surface area contributed by atoms with Crippen molar-refractivity contribution in [3.05, 3.63) is 83.5 Å². The van der Waals surface area contributed by atoms with Crippen molar-refractivity contribution < 1.29 is 14.6 Å². The lowest BCUT2D eigenvalue weighted by molar-refractivity contribution is -0.121. The number of amidine groups is 1. The number of phenolic OH excluding ortho intramolecular Hbond substituents is 1. The number of hydrogen-bond acceptors (Lipinski definition) is 4. The molecular weight excluding hydrogens is 388 g/mol. The van der Waals surface area contributed by atoms with E-state index in [1.807, 2.05) is 49.4 Å². The highest BCUT2D eigenvalue weighted by Crippen LogP contribution is 2.61. The second-order valence-corrected chi connectivity index (χ2v) is 8.28. The monoisotopic (exact) mass is 412 g/mol. The van der Waals surface area contributed by atoms with Gasteiger partial charge in [-0.15, -0.1) is 0 Å². The van der Waals surface area contributed by atoms with Crippen LogP contribution in [0.2, 0.25) is 0 Å². The second-order valence-electron chi connectivity index (χ2n) is 8.28. The highest BCUT2D eigenvalue weighted by atomic mass is 16.5. The van der Waals surface area contributed by atoms with Crippen LogP contribution in [0.3, 0.4) is 0 Å². The smallest absolute Gasteiger partial charge is 0.245 e. The second kappa shape index (κ2) is 6.98. The van der Waals surface area contributed by atoms with E-state index in [1.165, 1.54) is 12.7 Å². The van der Waals surface area contributed by atoms with Gasteiger partial charge in [-0.3, -0.25) is 14.7 Å². The Morgan fingerprint density at radius 2 is 1.97 bits per heavy atom. The molecule has 1 N–H and O–H groups in total. The van der Waals surface area contributed by atoms with Crippen LogP contribution >= 0.6 is 0 Å². The summed E-state index contributed by atoms with van der Waals surface area (Å²) in [6.45, 7) is 4.09. The first kappa shape index (κ1) is 19.4. The standard InChI is InChI=1S/C26H24N2O3/c1-16-10-12-19(15-17(16)2)28-22(13-11-18-7-6-9-21(31-3)23(18)29)27-24-20-8-4-5-14-26(20,24)25(28)30/h4-15,20,24,29H,1-3H3/b13-11+. The quantitative estimate of drug-likeness (QED) is 0.799. The van der Waals surface area contributed by atoms with Crippen LogP contribution in [0.25, 0.3) is 6.08 Å². The number of hydrogen-bond donors (Lipinski definition) is 1. The Morgan fingerprint density at radius 3 is 2.74 bits per heavy atom. The van der Waals surface area contributed by atoms with Crippen LogP contribution in [0, 0.1) is 25.2 Å². The molecule has 3 unspecified atom stereocenters. The summed E-state index contributed by atoms with van der Waals surface area (Å²) in [6, 6.07) is 11.2. The summed E-state index contributed by atoms with van der Waals surface area (Å²) in [5.41, 5.74) is 3.10. The van der Waals surface area contributed by atoms with Crippen molar-refractivity contribution in [1.82, 2.24) is 0 Å². The molecule has 5 heteroatoms. The first-order valence-corrected chi connectivity index (χ1v) is 10.4. The lowest BCUT2D eigenvalue weighted by atomic mass is 9.95. The van der Waals surface area contributed by atoms with E-state index >= 15 is 0 Å². The summed E-state index contributed by atoms with van der Waals surface area (Å²) in [5, 5.41) is 10.4. The summed E-state index contributed by atoms with van der Waals surface area (Å²) in [7, 11) is 1.52. The molecule has 5 nitrogen and oxygen atoms in total. The summed E-state index contributed by atoms with van der Waals surface area (Å²) in [5.74, 6) is 1.16. The maximum atomic E-state index is 13.8. The maximum absolute atomic E-state index is 13.8. The predicted molar refractivity (Wildman–Crippen MR) is 123 cm³/mol. The van der Waals surface area contributed by atoms with E-state index < -0.39 is 5.41 Å². The summed E-state index contributed by atoms with van der Waals surface area (Å²) < 4.78 is 5.20. The Kier molecular flexibility index (Phi) is 4.36. The van der Waals surface area contributed by atoms with Gasteiger partial charge in [-0.25, -0.2) is 0 Å². The van der Waals surface area contributed by atoms with Gasteiger partial charge in [-0.05, 0) is 55.3 Å². The van der Waals surface area contributed by atoms with Crippen molar-refractivity contribution in [1.29, 1.82) is 0 Å². The van der Waals surface area contributed by atoms with E-state index in [0.29, 0.717) is 17.1 Å². The van der Waals surface area contributed by atoms with Gasteiger partial charge < -0.3 is 9.84 Å². The van der Waals surface area contributed by atoms with Gasteiger partial charge in [0, 0.05) is 11.5 Å². The third-order valence-electron chi connectivity index (χ3n) is 6.56. The third-order valence-corrected chi connectivity index (χ3v) is 6.56. The largest absolute Gasteiger partial charge is 0.504 e. The Hall–Kier alpha value is -3.60. The number of aromatic hydroxyl groups is 1. The summed E-state index contributed by atoms with van der Waals surface area (Å²) in [6.07, 6.45) is 11.6. The molecule has 0 saturated heterocycles. The molecule has 2 aromatic carbocycles. The van der Waals surface area contributed by atoms with Crippen molar-refractivity contribution >= 4 is 23.5 Å². The zero-order chi connectivity index (χ0) is 21.8. The van der Waals surface area contributed by atoms with Crippen LogP contribution in [-0.4, -0.2) is 30.0 Å². The van der Waals surface area contributed by atoms with E-state index in [9.17, 15) is 9.90 Å². The van der Waals surface area contributed by atoms with E-state index in [0.717, 1.165) is 11.3 Å². The number of fused-ring (bicyclic) bond motifs is 1. The molecule has 3 atom stereocenters. The van der Waals surface area contributed by atoms with Gasteiger partial charge >= 0.3 is 0 Å². The van der Waals surface area contributed by atoms with Crippen LogP contribution < -0.4 is 9.64 Å². The lowest BCUT2D eigenvalue weighted by Crippen LogP contribution is -2.45. The van der Waals surface area contributed by atoms with Crippen LogP contribution in [-0.2, 0) is 4.79 Å². The minimum Gasteiger partial charge on any atom is -0.504 e. The number of aryl methyl sites for hydroxylation is 2. The molecule has 1 heterocycles. The summed E-state index contributed by atoms with van der Waals surface area (Å²) in [4.78, 5) is 20.4. The van der Waals surface area contributed by atoms with Gasteiger partial charge in [-0.2, -0.15) is 0 Å². The Morgan fingerprint density at radius 1 is 1.13 bits per heavy atom. The molecule has 0 aromatic heterocycles. The Bertz CT molecular complexity index is 1210. The lowest BCUT2D eigenvalue weighted by Gasteiger charge is -2.30. The number of para-hydroxylation sites is 1. The molecule has 0 radical (unpaired) electrons. The molecule has 1 fully saturated rings. The normalized spacial score (nSPS) is 26.0. The third kappa shape index (κ3) is 2.84. The molecular formula is C26H24N2O3. The zero-order valence-electron chi connectivity index (χ0n) is 17.7. The van der Waals surface area contributed by atoms with Crippen LogP contribution in [0.15, 0.2) is 71.8 Å². The van der Waals surface area contributed by atoms with Gasteiger partial charge in [0.05, 0.1) is 24.3 Å². The fourth-order valence-electron chi connectivity index (χ4n) is 4.55. The van der Waals surface area contributed by atoms with Crippen LogP contribution in [0.5, 0.6) is 11.5 Å². The topological polar surface area (TPSA) is 62.1 Å². The van der Waals surface area contributed by atoms with Crippen LogP contribution in [0.1, 0.15) is 16.7 Å². The first-order chi connectivity index (χ1) is 15.0. The number of rotatable bonds is 4. The number of carbonyl (C=O) groups excluding carboxylic acids is 1. The van der Waals surface area contributed by atoms with E-state index in [4.69, 9.17) is 9.73 Å². The van der Waals surface area contributed by atoms with E-state index in [1.54, 1.807) is 29.2 Å². The van der Waals surface area contributed by atoms with Gasteiger partial charge in [0.25, 0.3) is 0 Å². The van der Waals surface area contributed by atoms with E-state index in [2.05, 4.69) is 13.0 Å². The predicted octanol–water partition coefficient (Wildman–Crippen LogP) is 4.59. The first-order valence-electron chi connectivity index (χ1n) is 10.4. The van der Waals surface area contributed by atoms with Crippen molar-refractivity contribution in [2.75, 3.05) is 12.0 Å². The molecule has 1 saturated carbocycles. The van der Waals surface area contributed by atoms with Crippen molar-refractivity contribution in [3.8, 4) is 11.5 Å². The highest BCUT2D eigenvalue weighted by molar-refractivity contribution is 6.27. The van der Waals surface area contributed by atoms with Gasteiger partial charge in [-0.1, -0.05) is 42.5 Å². The molecule has 156 valence electrons.